The van der Waals surface area contributed by atoms with Gasteiger partial charge in [0.25, 0.3) is 15.9 Å². The molecule has 28 heavy (non-hydrogen) atoms. The summed E-state index contributed by atoms with van der Waals surface area (Å²) in [7, 11) is -3.70. The number of halogens is 1. The molecular formula is C20H17ClN2O4S. The summed E-state index contributed by atoms with van der Waals surface area (Å²) in [5.41, 5.74) is 1.08. The van der Waals surface area contributed by atoms with Gasteiger partial charge < -0.3 is 10.1 Å². The van der Waals surface area contributed by atoms with E-state index in [1.54, 1.807) is 54.6 Å². The largest absolute Gasteiger partial charge is 0.484 e. The Balaban J connectivity index is 1.56. The smallest absolute Gasteiger partial charge is 0.262 e. The van der Waals surface area contributed by atoms with Crippen LogP contribution in [-0.2, 0) is 14.8 Å². The van der Waals surface area contributed by atoms with Gasteiger partial charge in [0.05, 0.1) is 4.90 Å². The van der Waals surface area contributed by atoms with E-state index in [1.165, 1.54) is 24.3 Å². The van der Waals surface area contributed by atoms with Gasteiger partial charge in [-0.25, -0.2) is 8.42 Å². The maximum atomic E-state index is 12.4. The highest BCUT2D eigenvalue weighted by atomic mass is 35.5. The molecule has 3 aromatic carbocycles. The maximum Gasteiger partial charge on any atom is 0.262 e. The van der Waals surface area contributed by atoms with E-state index in [1.807, 2.05) is 0 Å². The van der Waals surface area contributed by atoms with Crippen molar-refractivity contribution in [2.45, 2.75) is 4.90 Å². The van der Waals surface area contributed by atoms with Crippen LogP contribution in [0.3, 0.4) is 0 Å². The average molecular weight is 417 g/mol. The second-order valence-corrected chi connectivity index (χ2v) is 7.91. The summed E-state index contributed by atoms with van der Waals surface area (Å²) < 4.78 is 32.7. The van der Waals surface area contributed by atoms with E-state index in [4.69, 9.17) is 16.3 Å². The van der Waals surface area contributed by atoms with Crippen molar-refractivity contribution < 1.29 is 17.9 Å². The van der Waals surface area contributed by atoms with Crippen molar-refractivity contribution in [1.29, 1.82) is 0 Å². The maximum absolute atomic E-state index is 12.4. The molecule has 0 aliphatic heterocycles. The zero-order valence-electron chi connectivity index (χ0n) is 14.6. The van der Waals surface area contributed by atoms with Crippen molar-refractivity contribution in [2.75, 3.05) is 16.6 Å². The van der Waals surface area contributed by atoms with Crippen LogP contribution < -0.4 is 14.8 Å². The van der Waals surface area contributed by atoms with Crippen LogP contribution in [0.25, 0.3) is 0 Å². The Labute approximate surface area is 168 Å². The summed E-state index contributed by atoms with van der Waals surface area (Å²) in [6.45, 7) is -0.211. The Hall–Kier alpha value is -3.03. The molecule has 1 amide bonds. The Morgan fingerprint density at radius 3 is 2.14 bits per heavy atom. The molecule has 0 unspecified atom stereocenters. The fourth-order valence-electron chi connectivity index (χ4n) is 2.31. The van der Waals surface area contributed by atoms with Crippen molar-refractivity contribution in [3.8, 4) is 5.75 Å². The van der Waals surface area contributed by atoms with E-state index >= 15 is 0 Å². The summed E-state index contributed by atoms with van der Waals surface area (Å²) in [5.74, 6) is 0.0367. The standard InChI is InChI=1S/C20H17ClN2O4S/c21-15-6-8-16(9-7-15)22-20(24)14-27-18-10-12-19(13-11-18)28(25,26)23-17-4-2-1-3-5-17/h1-13,23H,14H2,(H,22,24). The molecule has 0 aliphatic carbocycles. The molecule has 144 valence electrons. The lowest BCUT2D eigenvalue weighted by Crippen LogP contribution is -2.20. The number of para-hydroxylation sites is 1. The highest BCUT2D eigenvalue weighted by Crippen LogP contribution is 2.19. The molecule has 0 bridgehead atoms. The lowest BCUT2D eigenvalue weighted by Gasteiger charge is -2.10. The van der Waals surface area contributed by atoms with Gasteiger partial charge in [0.15, 0.2) is 6.61 Å². The number of hydrogen-bond acceptors (Lipinski definition) is 4. The van der Waals surface area contributed by atoms with Gasteiger partial charge in [-0.1, -0.05) is 29.8 Å². The van der Waals surface area contributed by atoms with Crippen LogP contribution in [0.15, 0.2) is 83.8 Å². The topological polar surface area (TPSA) is 84.5 Å². The van der Waals surface area contributed by atoms with Crippen molar-refractivity contribution in [3.63, 3.8) is 0 Å². The first kappa shape index (κ1) is 19.7. The first-order valence-corrected chi connectivity index (χ1v) is 10.1. The fourth-order valence-corrected chi connectivity index (χ4v) is 3.50. The van der Waals surface area contributed by atoms with E-state index in [9.17, 15) is 13.2 Å². The van der Waals surface area contributed by atoms with E-state index in [2.05, 4.69) is 10.0 Å². The number of anilines is 2. The van der Waals surface area contributed by atoms with Gasteiger partial charge in [0, 0.05) is 16.4 Å². The highest BCUT2D eigenvalue weighted by Gasteiger charge is 2.14. The predicted molar refractivity (Wildman–Crippen MR) is 109 cm³/mol. The van der Waals surface area contributed by atoms with Gasteiger partial charge in [-0.2, -0.15) is 0 Å². The van der Waals surface area contributed by atoms with Crippen LogP contribution in [0.4, 0.5) is 11.4 Å². The van der Waals surface area contributed by atoms with E-state index < -0.39 is 10.0 Å². The lowest BCUT2D eigenvalue weighted by molar-refractivity contribution is -0.118. The van der Waals surface area contributed by atoms with Gasteiger partial charge in [-0.15, -0.1) is 0 Å². The number of benzene rings is 3. The number of nitrogens with one attached hydrogen (secondary N) is 2. The highest BCUT2D eigenvalue weighted by molar-refractivity contribution is 7.92. The van der Waals surface area contributed by atoms with Gasteiger partial charge in [-0.05, 0) is 60.7 Å². The zero-order valence-corrected chi connectivity index (χ0v) is 16.2. The molecule has 0 radical (unpaired) electrons. The molecular weight excluding hydrogens is 400 g/mol. The normalized spacial score (nSPS) is 10.9. The third-order valence-electron chi connectivity index (χ3n) is 3.66. The first-order chi connectivity index (χ1) is 13.4. The number of carbonyl (C=O) groups excluding carboxylic acids is 1. The number of sulfonamides is 1. The molecule has 0 heterocycles. The molecule has 2 N–H and O–H groups in total. The van der Waals surface area contributed by atoms with Gasteiger partial charge in [-0.3, -0.25) is 9.52 Å². The number of carbonyl (C=O) groups is 1. The molecule has 0 atom stereocenters. The molecule has 0 saturated carbocycles. The van der Waals surface area contributed by atoms with Crippen LogP contribution >= 0.6 is 11.6 Å². The molecule has 0 saturated heterocycles. The number of hydrogen-bond donors (Lipinski definition) is 2. The average Bonchev–Trinajstić information content (AvgIpc) is 2.69. The van der Waals surface area contributed by atoms with E-state index in [0.29, 0.717) is 22.1 Å². The first-order valence-electron chi connectivity index (χ1n) is 8.28. The van der Waals surface area contributed by atoms with Crippen LogP contribution in [0.1, 0.15) is 0 Å². The third kappa shape index (κ3) is 5.48. The van der Waals surface area contributed by atoms with Crippen molar-refractivity contribution in [1.82, 2.24) is 0 Å². The summed E-state index contributed by atoms with van der Waals surface area (Å²) in [4.78, 5) is 12.0. The van der Waals surface area contributed by atoms with Crippen LogP contribution in [0.2, 0.25) is 5.02 Å². The van der Waals surface area contributed by atoms with Crippen LogP contribution in [0, 0.1) is 0 Å². The molecule has 0 fully saturated rings. The summed E-state index contributed by atoms with van der Waals surface area (Å²) in [6.07, 6.45) is 0. The number of amides is 1. The van der Waals surface area contributed by atoms with Gasteiger partial charge in [0.2, 0.25) is 0 Å². The molecule has 0 spiro atoms. The molecule has 0 aliphatic rings. The van der Waals surface area contributed by atoms with Gasteiger partial charge >= 0.3 is 0 Å². The zero-order chi connectivity index (χ0) is 20.0. The van der Waals surface area contributed by atoms with Crippen LogP contribution in [0.5, 0.6) is 5.75 Å². The predicted octanol–water partition coefficient (Wildman–Crippen LogP) is 4.16. The van der Waals surface area contributed by atoms with Gasteiger partial charge in [0.1, 0.15) is 5.75 Å². The van der Waals surface area contributed by atoms with Crippen molar-refractivity contribution in [2.24, 2.45) is 0 Å². The quantitative estimate of drug-likeness (QED) is 0.605. The molecule has 6 nitrogen and oxygen atoms in total. The molecule has 8 heteroatoms. The lowest BCUT2D eigenvalue weighted by atomic mass is 10.3. The SMILES string of the molecule is O=C(COc1ccc(S(=O)(=O)Nc2ccccc2)cc1)Nc1ccc(Cl)cc1. The van der Waals surface area contributed by atoms with Crippen LogP contribution in [-0.4, -0.2) is 20.9 Å². The second-order valence-electron chi connectivity index (χ2n) is 5.79. The van der Waals surface area contributed by atoms with E-state index in [0.717, 1.165) is 0 Å². The molecule has 3 aromatic rings. The Bertz CT molecular complexity index is 1040. The summed E-state index contributed by atoms with van der Waals surface area (Å²) in [5, 5.41) is 3.25. The monoisotopic (exact) mass is 416 g/mol. The van der Waals surface area contributed by atoms with Crippen molar-refractivity contribution in [3.05, 3.63) is 83.9 Å². The Morgan fingerprint density at radius 2 is 1.50 bits per heavy atom. The van der Waals surface area contributed by atoms with Crippen molar-refractivity contribution >= 4 is 38.9 Å². The third-order valence-corrected chi connectivity index (χ3v) is 5.31. The second kappa shape index (κ2) is 8.77. The fraction of sp³-hybridized carbons (Fsp3) is 0.0500. The number of ether oxygens (including phenoxy) is 1. The molecule has 0 aromatic heterocycles. The molecule has 3 rings (SSSR count). The minimum Gasteiger partial charge on any atom is -0.484 e. The minimum absolute atomic E-state index is 0.0920. The van der Waals surface area contributed by atoms with E-state index in [-0.39, 0.29) is 17.4 Å². The number of rotatable bonds is 7. The summed E-state index contributed by atoms with van der Waals surface area (Å²) in [6, 6.07) is 21.1. The minimum atomic E-state index is -3.70. The summed E-state index contributed by atoms with van der Waals surface area (Å²) >= 11 is 5.79. The Morgan fingerprint density at radius 1 is 0.857 bits per heavy atom. The Kier molecular flexibility index (Phi) is 6.18.